The molecule has 10 heteroatoms. The predicted molar refractivity (Wildman–Crippen MR) is 113 cm³/mol. The Morgan fingerprint density at radius 2 is 2.03 bits per heavy atom. The maximum Gasteiger partial charge on any atom is 0.274 e. The Morgan fingerprint density at radius 3 is 2.62 bits per heavy atom. The van der Waals surface area contributed by atoms with Crippen LogP contribution >= 0.6 is 11.3 Å². The maximum atomic E-state index is 12.9. The Morgan fingerprint density at radius 1 is 1.28 bits per heavy atom. The molecule has 2 aromatic rings. The summed E-state index contributed by atoms with van der Waals surface area (Å²) in [6.07, 6.45) is 3.02. The van der Waals surface area contributed by atoms with Crippen LogP contribution in [0.2, 0.25) is 0 Å². The zero-order valence-electron chi connectivity index (χ0n) is 16.8. The lowest BCUT2D eigenvalue weighted by Gasteiger charge is -2.45. The average molecular weight is 438 g/mol. The molecule has 0 unspecified atom stereocenters. The van der Waals surface area contributed by atoms with E-state index in [9.17, 15) is 13.2 Å². The molecular formula is C19H27N5O3S2. The Kier molecular flexibility index (Phi) is 5.54. The lowest BCUT2D eigenvalue weighted by Crippen LogP contribution is -2.59. The van der Waals surface area contributed by atoms with E-state index in [2.05, 4.69) is 22.0 Å². The first-order valence-electron chi connectivity index (χ1n) is 9.91. The minimum atomic E-state index is -3.17. The highest BCUT2D eigenvalue weighted by Gasteiger charge is 2.45. The van der Waals surface area contributed by atoms with Crippen LogP contribution in [0.5, 0.6) is 0 Å². The second-order valence-corrected chi connectivity index (χ2v) is 10.8. The fourth-order valence-electron chi connectivity index (χ4n) is 4.41. The van der Waals surface area contributed by atoms with Gasteiger partial charge >= 0.3 is 0 Å². The van der Waals surface area contributed by atoms with Gasteiger partial charge in [-0.3, -0.25) is 14.8 Å². The second kappa shape index (κ2) is 7.82. The Balaban J connectivity index is 1.40. The predicted octanol–water partition coefficient (Wildman–Crippen LogP) is 1.71. The molecule has 1 amide bonds. The van der Waals surface area contributed by atoms with E-state index in [4.69, 9.17) is 0 Å². The number of sulfonamides is 1. The number of H-pyrrole nitrogens is 1. The van der Waals surface area contributed by atoms with Gasteiger partial charge < -0.3 is 4.90 Å². The van der Waals surface area contributed by atoms with Gasteiger partial charge in [-0.05, 0) is 30.4 Å². The topological polar surface area (TPSA) is 89.6 Å². The third-order valence-electron chi connectivity index (χ3n) is 6.25. The molecule has 2 aliphatic rings. The summed E-state index contributed by atoms with van der Waals surface area (Å²) >= 11 is 1.61. The number of piperazine rings is 1. The number of nitrogens with zero attached hydrogens (tertiary/aromatic N) is 4. The highest BCUT2D eigenvalue weighted by Crippen LogP contribution is 2.33. The fourth-order valence-corrected chi connectivity index (χ4v) is 6.00. The monoisotopic (exact) mass is 437 g/mol. The molecular weight excluding hydrogens is 410 g/mol. The minimum Gasteiger partial charge on any atom is -0.335 e. The number of carbonyl (C=O) groups excluding carboxylic acids is 1. The van der Waals surface area contributed by atoms with Gasteiger partial charge in [0.25, 0.3) is 5.91 Å². The molecule has 2 saturated heterocycles. The van der Waals surface area contributed by atoms with Crippen molar-refractivity contribution in [3.05, 3.63) is 29.3 Å². The van der Waals surface area contributed by atoms with Crippen LogP contribution in [0.3, 0.4) is 0 Å². The van der Waals surface area contributed by atoms with Crippen LogP contribution in [0.4, 0.5) is 0 Å². The van der Waals surface area contributed by atoms with E-state index in [1.54, 1.807) is 15.6 Å². The molecule has 0 bridgehead atoms. The van der Waals surface area contributed by atoms with Gasteiger partial charge in [0.05, 0.1) is 16.8 Å². The molecule has 0 radical (unpaired) electrons. The van der Waals surface area contributed by atoms with E-state index in [-0.39, 0.29) is 11.4 Å². The average Bonchev–Trinajstić information content (AvgIpc) is 3.47. The summed E-state index contributed by atoms with van der Waals surface area (Å²) in [4.78, 5) is 18.2. The van der Waals surface area contributed by atoms with Crippen LogP contribution < -0.4 is 0 Å². The SMILES string of the molecule is CC[C@@]1(N2CCN(C(=O)c3cc(-c4cccs4)[nH]n3)CC2)CCN(S(C)(=O)=O)C1. The van der Waals surface area contributed by atoms with Gasteiger partial charge in [-0.25, -0.2) is 12.7 Å². The first-order valence-corrected chi connectivity index (χ1v) is 12.6. The maximum absolute atomic E-state index is 12.9. The zero-order chi connectivity index (χ0) is 20.6. The second-order valence-electron chi connectivity index (χ2n) is 7.85. The van der Waals surface area contributed by atoms with Crippen LogP contribution in [0.15, 0.2) is 23.6 Å². The normalized spacial score (nSPS) is 24.3. The smallest absolute Gasteiger partial charge is 0.274 e. The van der Waals surface area contributed by atoms with Crippen LogP contribution in [-0.4, -0.2) is 89.7 Å². The van der Waals surface area contributed by atoms with Gasteiger partial charge in [0, 0.05) is 44.8 Å². The van der Waals surface area contributed by atoms with Crippen molar-refractivity contribution in [1.29, 1.82) is 0 Å². The highest BCUT2D eigenvalue weighted by molar-refractivity contribution is 7.88. The molecule has 0 saturated carbocycles. The lowest BCUT2D eigenvalue weighted by molar-refractivity contribution is 0.0309. The van der Waals surface area contributed by atoms with Crippen molar-refractivity contribution in [2.45, 2.75) is 25.3 Å². The summed E-state index contributed by atoms with van der Waals surface area (Å²) in [5, 5.41) is 9.16. The van der Waals surface area contributed by atoms with Gasteiger partial charge in [0.2, 0.25) is 10.0 Å². The van der Waals surface area contributed by atoms with Gasteiger partial charge in [-0.15, -0.1) is 11.3 Å². The molecule has 4 rings (SSSR count). The van der Waals surface area contributed by atoms with Gasteiger partial charge in [0.1, 0.15) is 0 Å². The summed E-state index contributed by atoms with van der Waals surface area (Å²) < 4.78 is 25.5. The third kappa shape index (κ3) is 3.98. The molecule has 8 nitrogen and oxygen atoms in total. The summed E-state index contributed by atoms with van der Waals surface area (Å²) in [6.45, 7) is 5.99. The van der Waals surface area contributed by atoms with Crippen LogP contribution in [0, 0.1) is 0 Å². The van der Waals surface area contributed by atoms with E-state index < -0.39 is 10.0 Å². The van der Waals surface area contributed by atoms with Crippen molar-refractivity contribution >= 4 is 27.3 Å². The largest absolute Gasteiger partial charge is 0.335 e. The standard InChI is InChI=1S/C19H27N5O3S2/c1-3-19(6-7-24(14-19)29(2,26)27)23-10-8-22(9-11-23)18(25)16-13-15(20-21-16)17-5-4-12-28-17/h4-5,12-13H,3,6-11,14H2,1-2H3,(H,20,21)/t19-/m1/s1. The first kappa shape index (κ1) is 20.5. The molecule has 0 aromatic carbocycles. The number of amides is 1. The molecule has 2 fully saturated rings. The van der Waals surface area contributed by atoms with Crippen LogP contribution in [-0.2, 0) is 10.0 Å². The van der Waals surface area contributed by atoms with Crippen molar-refractivity contribution in [2.24, 2.45) is 0 Å². The van der Waals surface area contributed by atoms with Gasteiger partial charge in [-0.1, -0.05) is 13.0 Å². The van der Waals surface area contributed by atoms with E-state index in [1.165, 1.54) is 6.26 Å². The zero-order valence-corrected chi connectivity index (χ0v) is 18.4. The number of hydrogen-bond donors (Lipinski definition) is 1. The molecule has 0 spiro atoms. The van der Waals surface area contributed by atoms with Crippen molar-refractivity contribution in [3.8, 4) is 10.6 Å². The molecule has 1 N–H and O–H groups in total. The van der Waals surface area contributed by atoms with Gasteiger partial charge in [-0.2, -0.15) is 5.10 Å². The van der Waals surface area contributed by atoms with Crippen molar-refractivity contribution < 1.29 is 13.2 Å². The van der Waals surface area contributed by atoms with E-state index >= 15 is 0 Å². The minimum absolute atomic E-state index is 0.0570. The summed E-state index contributed by atoms with van der Waals surface area (Å²) in [6, 6.07) is 5.78. The number of hydrogen-bond acceptors (Lipinski definition) is 6. The highest BCUT2D eigenvalue weighted by atomic mass is 32.2. The van der Waals surface area contributed by atoms with E-state index in [1.807, 2.05) is 28.5 Å². The van der Waals surface area contributed by atoms with E-state index in [0.717, 1.165) is 36.5 Å². The third-order valence-corrected chi connectivity index (χ3v) is 8.40. The molecule has 29 heavy (non-hydrogen) atoms. The number of nitrogens with one attached hydrogen (secondary N) is 1. The fraction of sp³-hybridized carbons (Fsp3) is 0.579. The van der Waals surface area contributed by atoms with Crippen molar-refractivity contribution in [3.63, 3.8) is 0 Å². The molecule has 4 heterocycles. The molecule has 2 aliphatic heterocycles. The quantitative estimate of drug-likeness (QED) is 0.769. The van der Waals surface area contributed by atoms with Crippen LogP contribution in [0.1, 0.15) is 30.3 Å². The number of aromatic amines is 1. The molecule has 2 aromatic heterocycles. The molecule has 0 aliphatic carbocycles. The Labute approximate surface area is 175 Å². The van der Waals surface area contributed by atoms with Crippen LogP contribution in [0.25, 0.3) is 10.6 Å². The molecule has 1 atom stereocenters. The number of thiophene rings is 1. The lowest BCUT2D eigenvalue weighted by atomic mass is 9.92. The number of aromatic nitrogens is 2. The first-order chi connectivity index (χ1) is 13.8. The number of carbonyl (C=O) groups is 1. The van der Waals surface area contributed by atoms with Crippen molar-refractivity contribution in [2.75, 3.05) is 45.5 Å². The molecule has 158 valence electrons. The summed E-state index contributed by atoms with van der Waals surface area (Å²) in [5.41, 5.74) is 1.17. The Bertz CT molecular complexity index is 964. The Hall–Kier alpha value is -1.75. The van der Waals surface area contributed by atoms with Gasteiger partial charge in [0.15, 0.2) is 5.69 Å². The van der Waals surface area contributed by atoms with Crippen molar-refractivity contribution in [1.82, 2.24) is 24.3 Å². The summed E-state index contributed by atoms with van der Waals surface area (Å²) in [5.74, 6) is -0.0570. The number of rotatable bonds is 5. The van der Waals surface area contributed by atoms with E-state index in [0.29, 0.717) is 31.9 Å². The summed E-state index contributed by atoms with van der Waals surface area (Å²) in [7, 11) is -3.17.